The summed E-state index contributed by atoms with van der Waals surface area (Å²) in [7, 11) is 3.01. The molecule has 0 bridgehead atoms. The summed E-state index contributed by atoms with van der Waals surface area (Å²) in [4.78, 5) is 54.4. The van der Waals surface area contributed by atoms with E-state index >= 15 is 0 Å². The van der Waals surface area contributed by atoms with E-state index in [9.17, 15) is 28.0 Å². The van der Waals surface area contributed by atoms with Crippen LogP contribution in [0, 0.1) is 11.8 Å². The number of benzene rings is 1. The maximum absolute atomic E-state index is 14.5. The number of nitrogens with one attached hydrogen (secondary N) is 2. The number of ether oxygens (including phenoxy) is 1. The van der Waals surface area contributed by atoms with Crippen molar-refractivity contribution < 1.29 is 32.7 Å². The Morgan fingerprint density at radius 3 is 2.18 bits per heavy atom. The fraction of sp³-hybridized carbons (Fsp3) is 0.688. The van der Waals surface area contributed by atoms with Crippen LogP contribution in [0.5, 0.6) is 5.75 Å². The monoisotopic (exact) mass is 644 g/mol. The molecule has 44 heavy (non-hydrogen) atoms. The molecule has 4 N–H and O–H groups in total. The van der Waals surface area contributed by atoms with Gasteiger partial charge in [-0.25, -0.2) is 0 Å². The zero-order valence-electron chi connectivity index (χ0n) is 26.7. The number of ketones is 1. The van der Waals surface area contributed by atoms with Crippen LogP contribution in [0.2, 0.25) is 0 Å². The van der Waals surface area contributed by atoms with E-state index in [0.29, 0.717) is 12.2 Å². The highest BCUT2D eigenvalue weighted by Crippen LogP contribution is 2.29. The molecule has 0 spiro atoms. The number of carbonyl (C=O) groups excluding carboxylic acids is 4. The van der Waals surface area contributed by atoms with Crippen molar-refractivity contribution in [2.75, 3.05) is 20.7 Å². The van der Waals surface area contributed by atoms with E-state index in [-0.39, 0.29) is 55.8 Å². The van der Waals surface area contributed by atoms with Gasteiger partial charge in [-0.2, -0.15) is 8.78 Å². The number of alkyl halides is 2. The number of hydrogen-bond donors (Lipinski definition) is 3. The van der Waals surface area contributed by atoms with Crippen molar-refractivity contribution >= 4 is 35.9 Å². The zero-order chi connectivity index (χ0) is 32.2. The molecule has 1 aliphatic carbocycles. The molecule has 1 aromatic carbocycles. The molecule has 1 aliphatic rings. The van der Waals surface area contributed by atoms with Crippen LogP contribution in [0.4, 0.5) is 8.78 Å². The number of rotatable bonds is 17. The molecule has 1 fully saturated rings. The smallest absolute Gasteiger partial charge is 0.319 e. The Morgan fingerprint density at radius 1 is 1.05 bits per heavy atom. The number of halogens is 3. The van der Waals surface area contributed by atoms with Crippen LogP contribution in [0.25, 0.3) is 0 Å². The topological polar surface area (TPSA) is 131 Å². The molecule has 0 aromatic heterocycles. The molecule has 3 amide bonds. The first kappa shape index (κ1) is 39.2. The van der Waals surface area contributed by atoms with E-state index < -0.39 is 48.2 Å². The van der Waals surface area contributed by atoms with Crippen LogP contribution < -0.4 is 21.1 Å². The quantitative estimate of drug-likeness (QED) is 0.230. The number of nitrogens with zero attached hydrogens (tertiary/aromatic N) is 1. The summed E-state index contributed by atoms with van der Waals surface area (Å²) in [6.07, 6.45) is 5.78. The first-order valence-corrected chi connectivity index (χ1v) is 15.4. The third-order valence-corrected chi connectivity index (χ3v) is 8.05. The van der Waals surface area contributed by atoms with Gasteiger partial charge in [0.2, 0.25) is 23.5 Å². The molecule has 0 unspecified atom stereocenters. The van der Waals surface area contributed by atoms with Crippen LogP contribution in [0.3, 0.4) is 0 Å². The van der Waals surface area contributed by atoms with Gasteiger partial charge in [-0.15, -0.1) is 12.4 Å². The molecule has 0 heterocycles. The summed E-state index contributed by atoms with van der Waals surface area (Å²) in [5.41, 5.74) is 5.98. The first-order valence-electron chi connectivity index (χ1n) is 15.4. The number of methoxy groups -OCH3 is 1. The lowest BCUT2D eigenvalue weighted by Gasteiger charge is -2.33. The SMILES string of the molecule is CCC[C@@H](C(=O)N[C@@H](CC1CCCCC1)C(=O)C(F)(F)CN)N(C)C(=O)[C@H](Cc1ccc(OC)cc1)NC(=O)CC(C)C.Cl. The van der Waals surface area contributed by atoms with Crippen LogP contribution in [0.1, 0.15) is 84.1 Å². The average molecular weight is 645 g/mol. The molecule has 0 aliphatic heterocycles. The standard InChI is InChI=1S/C32H50F2N4O5.ClH/c1-6-10-27(30(41)37-25(29(40)32(33,34)20-35)18-22-11-8-7-9-12-22)38(4)31(42)26(36-28(39)17-21(2)3)19-23-13-15-24(43-5)16-14-23;/h13-16,21-22,25-27H,6-12,17-20,35H2,1-5H3,(H,36,39)(H,37,41);1H/t25-,26-,27-;/m0./s1. The van der Waals surface area contributed by atoms with Gasteiger partial charge in [-0.1, -0.05) is 71.4 Å². The lowest BCUT2D eigenvalue weighted by atomic mass is 9.83. The molecular weight excluding hydrogens is 594 g/mol. The molecule has 2 rings (SSSR count). The van der Waals surface area contributed by atoms with E-state index in [2.05, 4.69) is 10.6 Å². The van der Waals surface area contributed by atoms with Gasteiger partial charge in [0.15, 0.2) is 0 Å². The van der Waals surface area contributed by atoms with Crippen molar-refractivity contribution in [2.24, 2.45) is 17.6 Å². The largest absolute Gasteiger partial charge is 0.497 e. The fourth-order valence-electron chi connectivity index (χ4n) is 5.61. The maximum Gasteiger partial charge on any atom is 0.319 e. The average Bonchev–Trinajstić information content (AvgIpc) is 2.98. The highest BCUT2D eigenvalue weighted by atomic mass is 35.5. The Balaban J connectivity index is 0.00000968. The Bertz CT molecular complexity index is 1070. The number of hydrogen-bond acceptors (Lipinski definition) is 6. The predicted molar refractivity (Wildman–Crippen MR) is 169 cm³/mol. The zero-order valence-corrected chi connectivity index (χ0v) is 27.5. The molecule has 1 saturated carbocycles. The highest BCUT2D eigenvalue weighted by Gasteiger charge is 2.44. The summed E-state index contributed by atoms with van der Waals surface area (Å²) in [6, 6.07) is 3.67. The van der Waals surface area contributed by atoms with Gasteiger partial charge in [-0.3, -0.25) is 19.2 Å². The minimum absolute atomic E-state index is 0. The van der Waals surface area contributed by atoms with Gasteiger partial charge in [0.1, 0.15) is 17.8 Å². The van der Waals surface area contributed by atoms with Crippen molar-refractivity contribution in [3.05, 3.63) is 29.8 Å². The summed E-state index contributed by atoms with van der Waals surface area (Å²) in [5.74, 6) is -5.92. The van der Waals surface area contributed by atoms with Gasteiger partial charge in [0, 0.05) is 19.9 Å². The second-order valence-electron chi connectivity index (χ2n) is 12.1. The summed E-state index contributed by atoms with van der Waals surface area (Å²) < 4.78 is 34.2. The normalized spacial score (nSPS) is 15.8. The van der Waals surface area contributed by atoms with Gasteiger partial charge in [-0.05, 0) is 42.4 Å². The van der Waals surface area contributed by atoms with E-state index in [1.807, 2.05) is 20.8 Å². The molecule has 0 saturated heterocycles. The van der Waals surface area contributed by atoms with Crippen LogP contribution in [-0.4, -0.2) is 73.2 Å². The number of Topliss-reactive ketones (excluding diaryl/α,β-unsaturated/α-hetero) is 1. The first-order chi connectivity index (χ1) is 20.3. The van der Waals surface area contributed by atoms with E-state index in [1.54, 1.807) is 31.4 Å². The van der Waals surface area contributed by atoms with Crippen LogP contribution >= 0.6 is 12.4 Å². The van der Waals surface area contributed by atoms with Gasteiger partial charge in [0.25, 0.3) is 0 Å². The molecule has 1 aromatic rings. The Hall–Kier alpha value is -2.79. The van der Waals surface area contributed by atoms with E-state index in [1.165, 1.54) is 11.9 Å². The number of likely N-dealkylation sites (N-methyl/N-ethyl adjacent to an activating group) is 1. The van der Waals surface area contributed by atoms with Crippen LogP contribution in [0.15, 0.2) is 24.3 Å². The molecule has 12 heteroatoms. The fourth-order valence-corrected chi connectivity index (χ4v) is 5.61. The number of nitrogens with two attached hydrogens (primary N) is 1. The molecular formula is C32H51ClF2N4O5. The van der Waals surface area contributed by atoms with Gasteiger partial charge < -0.3 is 26.0 Å². The number of carbonyl (C=O) groups is 4. The third-order valence-electron chi connectivity index (χ3n) is 8.05. The molecule has 250 valence electrons. The molecule has 3 atom stereocenters. The van der Waals surface area contributed by atoms with Gasteiger partial charge in [0.05, 0.1) is 19.7 Å². The van der Waals surface area contributed by atoms with E-state index in [0.717, 1.165) is 37.7 Å². The van der Waals surface area contributed by atoms with Crippen LogP contribution in [-0.2, 0) is 25.6 Å². The lowest BCUT2D eigenvalue weighted by Crippen LogP contribution is -2.58. The van der Waals surface area contributed by atoms with Crippen molar-refractivity contribution in [3.8, 4) is 5.75 Å². The Kier molecular flexibility index (Phi) is 16.8. The summed E-state index contributed by atoms with van der Waals surface area (Å²) in [6.45, 7) is 4.48. The maximum atomic E-state index is 14.5. The third kappa shape index (κ3) is 12.0. The van der Waals surface area contributed by atoms with Crippen molar-refractivity contribution in [1.82, 2.24) is 15.5 Å². The van der Waals surface area contributed by atoms with Gasteiger partial charge >= 0.3 is 5.92 Å². The second-order valence-corrected chi connectivity index (χ2v) is 12.1. The number of amides is 3. The summed E-state index contributed by atoms with van der Waals surface area (Å²) >= 11 is 0. The molecule has 9 nitrogen and oxygen atoms in total. The minimum Gasteiger partial charge on any atom is -0.497 e. The van der Waals surface area contributed by atoms with Crippen molar-refractivity contribution in [3.63, 3.8) is 0 Å². The summed E-state index contributed by atoms with van der Waals surface area (Å²) in [5, 5.41) is 5.40. The highest BCUT2D eigenvalue weighted by molar-refractivity contribution is 5.96. The Morgan fingerprint density at radius 2 is 1.66 bits per heavy atom. The van der Waals surface area contributed by atoms with Crippen molar-refractivity contribution in [1.29, 1.82) is 0 Å². The second kappa shape index (κ2) is 18.9. The van der Waals surface area contributed by atoms with Crippen molar-refractivity contribution in [2.45, 2.75) is 109 Å². The lowest BCUT2D eigenvalue weighted by molar-refractivity contribution is -0.148. The minimum atomic E-state index is -3.78. The Labute approximate surface area is 266 Å². The predicted octanol–water partition coefficient (Wildman–Crippen LogP) is 4.44. The van der Waals surface area contributed by atoms with E-state index in [4.69, 9.17) is 10.5 Å². The molecule has 0 radical (unpaired) electrons.